The fourth-order valence-electron chi connectivity index (χ4n) is 2.91. The van der Waals surface area contributed by atoms with Crippen LogP contribution in [0.3, 0.4) is 0 Å². The monoisotopic (exact) mass is 185 g/mol. The molecule has 1 aliphatic heterocycles. The Morgan fingerprint density at radius 1 is 1.17 bits per heavy atom. The first-order valence-corrected chi connectivity index (χ1v) is 5.71. The maximum atomic E-state index is 5.40. The van der Waals surface area contributed by atoms with Crippen LogP contribution in [-0.4, -0.2) is 12.6 Å². The SMILES string of the molecule is CC1CC2CCCCC2C[NH+]1[S-]. The summed E-state index contributed by atoms with van der Waals surface area (Å²) in [6, 6.07) is 0.736. The van der Waals surface area contributed by atoms with Crippen molar-refractivity contribution in [2.45, 2.75) is 45.1 Å². The van der Waals surface area contributed by atoms with Crippen molar-refractivity contribution < 1.29 is 4.31 Å². The number of rotatable bonds is 0. The van der Waals surface area contributed by atoms with Gasteiger partial charge in [-0.05, 0) is 25.7 Å². The average molecular weight is 185 g/mol. The van der Waals surface area contributed by atoms with Gasteiger partial charge in [0.05, 0.1) is 12.6 Å². The molecule has 0 amide bonds. The highest BCUT2D eigenvalue weighted by Gasteiger charge is 2.33. The summed E-state index contributed by atoms with van der Waals surface area (Å²) in [6.45, 7) is 3.58. The minimum absolute atomic E-state index is 0.736. The molecule has 0 spiro atoms. The zero-order chi connectivity index (χ0) is 8.55. The summed E-state index contributed by atoms with van der Waals surface area (Å²) in [5.41, 5.74) is 0. The minimum atomic E-state index is 0.736. The van der Waals surface area contributed by atoms with Crippen LogP contribution in [0, 0.1) is 11.8 Å². The van der Waals surface area contributed by atoms with Crippen molar-refractivity contribution in [3.05, 3.63) is 0 Å². The first kappa shape index (κ1) is 8.89. The smallest absolute Gasteiger partial charge is 0.0686 e. The van der Waals surface area contributed by atoms with Crippen molar-refractivity contribution in [2.24, 2.45) is 11.8 Å². The van der Waals surface area contributed by atoms with Gasteiger partial charge in [0.15, 0.2) is 0 Å². The molecule has 2 heteroatoms. The predicted molar refractivity (Wildman–Crippen MR) is 52.7 cm³/mol. The molecule has 0 radical (unpaired) electrons. The molecule has 0 bridgehead atoms. The Hall–Kier alpha value is 0.310. The third-order valence-corrected chi connectivity index (χ3v) is 4.30. The maximum absolute atomic E-state index is 5.40. The second-order valence-corrected chi connectivity index (χ2v) is 5.14. The molecule has 1 saturated heterocycles. The summed E-state index contributed by atoms with van der Waals surface area (Å²) < 4.78 is 1.36. The molecular formula is C10H19NS. The van der Waals surface area contributed by atoms with E-state index < -0.39 is 0 Å². The highest BCUT2D eigenvalue weighted by Crippen LogP contribution is 2.33. The first-order chi connectivity index (χ1) is 5.77. The van der Waals surface area contributed by atoms with Crippen molar-refractivity contribution in [2.75, 3.05) is 6.54 Å². The van der Waals surface area contributed by atoms with Crippen LogP contribution in [0.4, 0.5) is 0 Å². The van der Waals surface area contributed by atoms with E-state index >= 15 is 0 Å². The zero-order valence-corrected chi connectivity index (χ0v) is 8.70. The van der Waals surface area contributed by atoms with Gasteiger partial charge in [-0.1, -0.05) is 12.8 Å². The molecule has 70 valence electrons. The average Bonchev–Trinajstić information content (AvgIpc) is 2.07. The minimum Gasteiger partial charge on any atom is -0.496 e. The van der Waals surface area contributed by atoms with Gasteiger partial charge in [0, 0.05) is 12.3 Å². The number of piperidine rings is 1. The van der Waals surface area contributed by atoms with Crippen molar-refractivity contribution in [1.82, 2.24) is 0 Å². The Labute approximate surface area is 81.1 Å². The van der Waals surface area contributed by atoms with Crippen molar-refractivity contribution in [1.29, 1.82) is 0 Å². The lowest BCUT2D eigenvalue weighted by Crippen LogP contribution is -3.13. The highest BCUT2D eigenvalue weighted by atomic mass is 32.1. The zero-order valence-electron chi connectivity index (χ0n) is 7.88. The predicted octanol–water partition coefficient (Wildman–Crippen LogP) is 0.932. The third kappa shape index (κ3) is 1.64. The van der Waals surface area contributed by atoms with E-state index in [2.05, 4.69) is 6.92 Å². The van der Waals surface area contributed by atoms with Crippen LogP contribution in [0.2, 0.25) is 0 Å². The Bertz CT molecular complexity index is 142. The molecule has 2 fully saturated rings. The third-order valence-electron chi connectivity index (χ3n) is 3.74. The molecule has 4 atom stereocenters. The number of hydrogen-bond donors (Lipinski definition) is 1. The molecule has 0 aromatic heterocycles. The largest absolute Gasteiger partial charge is 0.496 e. The molecule has 0 aromatic rings. The second-order valence-electron chi connectivity index (χ2n) is 4.61. The lowest BCUT2D eigenvalue weighted by molar-refractivity contribution is -0.797. The van der Waals surface area contributed by atoms with Gasteiger partial charge < -0.3 is 17.1 Å². The molecule has 12 heavy (non-hydrogen) atoms. The van der Waals surface area contributed by atoms with Gasteiger partial charge in [-0.25, -0.2) is 0 Å². The normalized spacial score (nSPS) is 48.5. The highest BCUT2D eigenvalue weighted by molar-refractivity contribution is 7.51. The Morgan fingerprint density at radius 3 is 2.58 bits per heavy atom. The molecule has 0 aromatic carbocycles. The van der Waals surface area contributed by atoms with Crippen LogP contribution in [-0.2, 0) is 12.8 Å². The van der Waals surface area contributed by atoms with Crippen LogP contribution >= 0.6 is 0 Å². The Morgan fingerprint density at radius 2 is 1.83 bits per heavy atom. The topological polar surface area (TPSA) is 4.44 Å². The fraction of sp³-hybridized carbons (Fsp3) is 1.00. The van der Waals surface area contributed by atoms with Gasteiger partial charge in [-0.2, -0.15) is 0 Å². The van der Waals surface area contributed by atoms with Gasteiger partial charge in [-0.3, -0.25) is 0 Å². The van der Waals surface area contributed by atoms with Crippen LogP contribution in [0.1, 0.15) is 39.0 Å². The van der Waals surface area contributed by atoms with E-state index in [0.717, 1.165) is 17.9 Å². The quantitative estimate of drug-likeness (QED) is 0.550. The summed E-state index contributed by atoms with van der Waals surface area (Å²) in [6.07, 6.45) is 7.26. The lowest BCUT2D eigenvalue weighted by atomic mass is 9.74. The lowest BCUT2D eigenvalue weighted by Gasteiger charge is -2.45. The number of hydrogen-bond acceptors (Lipinski definition) is 1. The summed E-state index contributed by atoms with van der Waals surface area (Å²) in [4.78, 5) is 0. The van der Waals surface area contributed by atoms with Gasteiger partial charge in [0.2, 0.25) is 0 Å². The van der Waals surface area contributed by atoms with E-state index in [-0.39, 0.29) is 0 Å². The van der Waals surface area contributed by atoms with Gasteiger partial charge in [-0.15, -0.1) is 0 Å². The van der Waals surface area contributed by atoms with E-state index in [9.17, 15) is 0 Å². The van der Waals surface area contributed by atoms with Gasteiger partial charge in [0.1, 0.15) is 0 Å². The van der Waals surface area contributed by atoms with E-state index in [0.29, 0.717) is 0 Å². The number of nitrogens with one attached hydrogen (secondary N) is 1. The molecule has 4 unspecified atom stereocenters. The van der Waals surface area contributed by atoms with E-state index in [1.807, 2.05) is 0 Å². The van der Waals surface area contributed by atoms with Crippen LogP contribution in [0.15, 0.2) is 0 Å². The maximum Gasteiger partial charge on any atom is 0.0686 e. The van der Waals surface area contributed by atoms with Crippen LogP contribution in [0.5, 0.6) is 0 Å². The Kier molecular flexibility index (Phi) is 2.66. The summed E-state index contributed by atoms with van der Waals surface area (Å²) in [5, 5.41) is 0. The summed E-state index contributed by atoms with van der Waals surface area (Å²) >= 11 is 5.40. The van der Waals surface area contributed by atoms with E-state index in [1.165, 1.54) is 43.0 Å². The van der Waals surface area contributed by atoms with Crippen LogP contribution < -0.4 is 4.31 Å². The fourth-order valence-corrected chi connectivity index (χ4v) is 3.22. The first-order valence-electron chi connectivity index (χ1n) is 5.30. The Balaban J connectivity index is 1.98. The standard InChI is InChI=1S/C10H19NS/c1-8-6-9-4-2-3-5-10(9)7-11(8)12/h8-11H,2-7H2,1H3. The molecule has 2 aliphatic rings. The molecule has 1 N–H and O–H groups in total. The number of quaternary nitrogens is 1. The number of fused-ring (bicyclic) bond motifs is 1. The molecule has 1 heterocycles. The van der Waals surface area contributed by atoms with E-state index in [1.54, 1.807) is 0 Å². The van der Waals surface area contributed by atoms with E-state index in [4.69, 9.17) is 12.8 Å². The molecular weight excluding hydrogens is 166 g/mol. The van der Waals surface area contributed by atoms with Crippen molar-refractivity contribution in [3.8, 4) is 0 Å². The summed E-state index contributed by atoms with van der Waals surface area (Å²) in [5.74, 6) is 2.00. The molecule has 1 aliphatic carbocycles. The molecule has 1 saturated carbocycles. The van der Waals surface area contributed by atoms with Gasteiger partial charge in [0.25, 0.3) is 0 Å². The van der Waals surface area contributed by atoms with Crippen molar-refractivity contribution in [3.63, 3.8) is 0 Å². The second kappa shape index (κ2) is 3.59. The van der Waals surface area contributed by atoms with Crippen molar-refractivity contribution >= 4 is 12.8 Å². The van der Waals surface area contributed by atoms with Gasteiger partial charge >= 0.3 is 0 Å². The molecule has 1 nitrogen and oxygen atoms in total. The van der Waals surface area contributed by atoms with Crippen LogP contribution in [0.25, 0.3) is 0 Å². The summed E-state index contributed by atoms with van der Waals surface area (Å²) in [7, 11) is 0. The molecule has 2 rings (SSSR count).